The number of Topliss-reactive ketones (excluding diaryl/α,β-unsaturated/α-hetero) is 1. The average molecular weight is 243 g/mol. The van der Waals surface area contributed by atoms with Crippen LogP contribution in [0.1, 0.15) is 29.6 Å². The van der Waals surface area contributed by atoms with Crippen LogP contribution < -0.4 is 4.74 Å². The standard InChI is InChI=1S/C15H17NO2/c1-16-9-11(13(17)8-10-6-7-10)15-12(16)4-3-5-14(15)18-2/h3-5,9-10H,6-8H2,1-2H3. The summed E-state index contributed by atoms with van der Waals surface area (Å²) in [6.45, 7) is 0. The van der Waals surface area contributed by atoms with Crippen molar-refractivity contribution < 1.29 is 9.53 Å². The number of benzene rings is 1. The number of nitrogens with zero attached hydrogens (tertiary/aromatic N) is 1. The molecule has 1 saturated carbocycles. The molecule has 94 valence electrons. The number of aryl methyl sites for hydroxylation is 1. The Morgan fingerprint density at radius 2 is 2.22 bits per heavy atom. The molecule has 0 amide bonds. The highest BCUT2D eigenvalue weighted by Gasteiger charge is 2.27. The zero-order valence-corrected chi connectivity index (χ0v) is 10.8. The van der Waals surface area contributed by atoms with Crippen molar-refractivity contribution in [3.63, 3.8) is 0 Å². The Bertz CT molecular complexity index is 608. The molecule has 0 radical (unpaired) electrons. The van der Waals surface area contributed by atoms with E-state index in [1.807, 2.05) is 36.0 Å². The fourth-order valence-corrected chi connectivity index (χ4v) is 2.49. The minimum atomic E-state index is 0.243. The summed E-state index contributed by atoms with van der Waals surface area (Å²) < 4.78 is 7.38. The van der Waals surface area contributed by atoms with Crippen molar-refractivity contribution in [1.29, 1.82) is 0 Å². The fourth-order valence-electron chi connectivity index (χ4n) is 2.49. The Hall–Kier alpha value is -1.77. The predicted octanol–water partition coefficient (Wildman–Crippen LogP) is 3.17. The molecule has 3 rings (SSSR count). The highest BCUT2D eigenvalue weighted by atomic mass is 16.5. The van der Waals surface area contributed by atoms with E-state index in [-0.39, 0.29) is 5.78 Å². The van der Waals surface area contributed by atoms with E-state index in [2.05, 4.69) is 0 Å². The van der Waals surface area contributed by atoms with Crippen molar-refractivity contribution in [2.24, 2.45) is 13.0 Å². The van der Waals surface area contributed by atoms with Gasteiger partial charge in [-0.3, -0.25) is 4.79 Å². The van der Waals surface area contributed by atoms with Gasteiger partial charge in [-0.1, -0.05) is 6.07 Å². The van der Waals surface area contributed by atoms with Gasteiger partial charge in [0.25, 0.3) is 0 Å². The van der Waals surface area contributed by atoms with Crippen molar-refractivity contribution in [3.8, 4) is 5.75 Å². The van der Waals surface area contributed by atoms with Gasteiger partial charge in [-0.25, -0.2) is 0 Å². The number of hydrogen-bond donors (Lipinski definition) is 0. The normalized spacial score (nSPS) is 15.0. The zero-order valence-electron chi connectivity index (χ0n) is 10.8. The SMILES string of the molecule is COc1cccc2c1c(C(=O)CC1CC1)cn2C. The molecule has 1 fully saturated rings. The van der Waals surface area contributed by atoms with Crippen LogP contribution in [-0.2, 0) is 7.05 Å². The average Bonchev–Trinajstić information content (AvgIpc) is 3.12. The van der Waals surface area contributed by atoms with Gasteiger partial charge in [0.15, 0.2) is 5.78 Å². The van der Waals surface area contributed by atoms with E-state index in [0.717, 1.165) is 22.2 Å². The molecule has 1 aromatic heterocycles. The lowest BCUT2D eigenvalue weighted by molar-refractivity contribution is 0.0977. The molecule has 3 nitrogen and oxygen atoms in total. The smallest absolute Gasteiger partial charge is 0.165 e. The summed E-state index contributed by atoms with van der Waals surface area (Å²) in [5.74, 6) is 1.64. The largest absolute Gasteiger partial charge is 0.496 e. The van der Waals surface area contributed by atoms with Crippen LogP contribution in [0.25, 0.3) is 10.9 Å². The first kappa shape index (κ1) is 11.3. The van der Waals surface area contributed by atoms with Crippen LogP contribution in [0.3, 0.4) is 0 Å². The van der Waals surface area contributed by atoms with Gasteiger partial charge in [-0.2, -0.15) is 0 Å². The molecule has 3 heteroatoms. The van der Waals surface area contributed by atoms with E-state index in [0.29, 0.717) is 12.3 Å². The third-order valence-electron chi connectivity index (χ3n) is 3.67. The molecule has 0 unspecified atom stereocenters. The molecule has 1 aliphatic rings. The van der Waals surface area contributed by atoms with E-state index in [1.165, 1.54) is 12.8 Å². The molecular formula is C15H17NO2. The van der Waals surface area contributed by atoms with Gasteiger partial charge in [0.1, 0.15) is 5.75 Å². The molecule has 1 aliphatic carbocycles. The Balaban J connectivity index is 2.12. The van der Waals surface area contributed by atoms with Crippen molar-refractivity contribution in [1.82, 2.24) is 4.57 Å². The van der Waals surface area contributed by atoms with Crippen molar-refractivity contribution in [2.45, 2.75) is 19.3 Å². The first-order chi connectivity index (χ1) is 8.70. The lowest BCUT2D eigenvalue weighted by atomic mass is 10.0. The summed E-state index contributed by atoms with van der Waals surface area (Å²) in [6.07, 6.45) is 5.01. The minimum absolute atomic E-state index is 0.243. The number of ketones is 1. The van der Waals surface area contributed by atoms with Gasteiger partial charge in [0, 0.05) is 25.2 Å². The summed E-state index contributed by atoms with van der Waals surface area (Å²) in [7, 11) is 3.62. The molecule has 0 N–H and O–H groups in total. The van der Waals surface area contributed by atoms with Crippen LogP contribution in [0.2, 0.25) is 0 Å². The van der Waals surface area contributed by atoms with Crippen molar-refractivity contribution >= 4 is 16.7 Å². The molecule has 1 heterocycles. The molecule has 0 saturated heterocycles. The lowest BCUT2D eigenvalue weighted by Gasteiger charge is -2.04. The lowest BCUT2D eigenvalue weighted by Crippen LogP contribution is -1.99. The molecule has 0 aliphatic heterocycles. The van der Waals surface area contributed by atoms with Crippen LogP contribution in [-0.4, -0.2) is 17.5 Å². The third-order valence-corrected chi connectivity index (χ3v) is 3.67. The van der Waals surface area contributed by atoms with Crippen LogP contribution in [0.15, 0.2) is 24.4 Å². The van der Waals surface area contributed by atoms with Gasteiger partial charge < -0.3 is 9.30 Å². The Morgan fingerprint density at radius 1 is 1.44 bits per heavy atom. The maximum Gasteiger partial charge on any atom is 0.165 e. The molecule has 1 aromatic carbocycles. The number of carbonyl (C=O) groups excluding carboxylic acids is 1. The van der Waals surface area contributed by atoms with E-state index < -0.39 is 0 Å². The topological polar surface area (TPSA) is 31.2 Å². The number of fused-ring (bicyclic) bond motifs is 1. The van der Waals surface area contributed by atoms with E-state index >= 15 is 0 Å². The maximum absolute atomic E-state index is 12.3. The van der Waals surface area contributed by atoms with Gasteiger partial charge >= 0.3 is 0 Å². The second kappa shape index (κ2) is 4.16. The highest BCUT2D eigenvalue weighted by Crippen LogP contribution is 2.36. The monoisotopic (exact) mass is 243 g/mol. The first-order valence-corrected chi connectivity index (χ1v) is 6.36. The molecule has 0 spiro atoms. The second-order valence-corrected chi connectivity index (χ2v) is 5.08. The van der Waals surface area contributed by atoms with E-state index in [1.54, 1.807) is 7.11 Å². The minimum Gasteiger partial charge on any atom is -0.496 e. The number of carbonyl (C=O) groups is 1. The molecule has 0 bridgehead atoms. The van der Waals surface area contributed by atoms with Crippen molar-refractivity contribution in [3.05, 3.63) is 30.0 Å². The van der Waals surface area contributed by atoms with Crippen molar-refractivity contribution in [2.75, 3.05) is 7.11 Å². The van der Waals surface area contributed by atoms with Crippen LogP contribution >= 0.6 is 0 Å². The molecule has 2 aromatic rings. The summed E-state index contributed by atoms with van der Waals surface area (Å²) in [6, 6.07) is 5.89. The summed E-state index contributed by atoms with van der Waals surface area (Å²) in [5, 5.41) is 0.952. The molecule has 18 heavy (non-hydrogen) atoms. The predicted molar refractivity (Wildman–Crippen MR) is 71.1 cm³/mol. The van der Waals surface area contributed by atoms with Crippen LogP contribution in [0.4, 0.5) is 0 Å². The van der Waals surface area contributed by atoms with E-state index in [4.69, 9.17) is 4.74 Å². The maximum atomic E-state index is 12.3. The zero-order chi connectivity index (χ0) is 12.7. The number of ether oxygens (including phenoxy) is 1. The van der Waals surface area contributed by atoms with Crippen LogP contribution in [0.5, 0.6) is 5.75 Å². The first-order valence-electron chi connectivity index (χ1n) is 6.36. The Morgan fingerprint density at radius 3 is 2.89 bits per heavy atom. The molecule has 0 atom stereocenters. The Labute approximate surface area is 106 Å². The Kier molecular flexibility index (Phi) is 2.62. The van der Waals surface area contributed by atoms with Gasteiger partial charge in [-0.15, -0.1) is 0 Å². The quantitative estimate of drug-likeness (QED) is 0.772. The third kappa shape index (κ3) is 1.80. The number of methoxy groups -OCH3 is 1. The summed E-state index contributed by atoms with van der Waals surface area (Å²) >= 11 is 0. The molecular weight excluding hydrogens is 226 g/mol. The number of aromatic nitrogens is 1. The fraction of sp³-hybridized carbons (Fsp3) is 0.400. The van der Waals surface area contributed by atoms with Gasteiger partial charge in [0.2, 0.25) is 0 Å². The summed E-state index contributed by atoms with van der Waals surface area (Å²) in [4.78, 5) is 12.3. The number of hydrogen-bond acceptors (Lipinski definition) is 2. The van der Waals surface area contributed by atoms with Gasteiger partial charge in [0.05, 0.1) is 18.0 Å². The van der Waals surface area contributed by atoms with E-state index in [9.17, 15) is 4.79 Å². The highest BCUT2D eigenvalue weighted by molar-refractivity contribution is 6.10. The van der Waals surface area contributed by atoms with Crippen LogP contribution in [0, 0.1) is 5.92 Å². The number of rotatable bonds is 4. The second-order valence-electron chi connectivity index (χ2n) is 5.08. The van der Waals surface area contributed by atoms with Gasteiger partial charge in [-0.05, 0) is 30.9 Å². The summed E-state index contributed by atoms with van der Waals surface area (Å²) in [5.41, 5.74) is 1.85.